The highest BCUT2D eigenvalue weighted by Crippen LogP contribution is 2.14. The number of nitrogens with one attached hydrogen (secondary N) is 1. The van der Waals surface area contributed by atoms with Gasteiger partial charge in [0.25, 0.3) is 5.91 Å². The fourth-order valence-corrected chi connectivity index (χ4v) is 3.24. The molecule has 0 saturated heterocycles. The Morgan fingerprint density at radius 3 is 2.06 bits per heavy atom. The molecular formula is C22H18N2O6S. The van der Waals surface area contributed by atoms with E-state index < -0.39 is 28.5 Å². The first-order valence-electron chi connectivity index (χ1n) is 9.04. The first-order chi connectivity index (χ1) is 14.7. The zero-order valence-corrected chi connectivity index (χ0v) is 17.0. The van der Waals surface area contributed by atoms with Gasteiger partial charge in [0.1, 0.15) is 0 Å². The lowest BCUT2D eigenvalue weighted by Crippen LogP contribution is -2.21. The van der Waals surface area contributed by atoms with Gasteiger partial charge in [-0.2, -0.15) is 0 Å². The molecule has 0 aliphatic rings. The van der Waals surface area contributed by atoms with Crippen molar-refractivity contribution < 1.29 is 27.5 Å². The molecule has 31 heavy (non-hydrogen) atoms. The Morgan fingerprint density at radius 2 is 1.42 bits per heavy atom. The summed E-state index contributed by atoms with van der Waals surface area (Å²) in [7, 11) is -3.91. The predicted octanol–water partition coefficient (Wildman–Crippen LogP) is 2.36. The van der Waals surface area contributed by atoms with Crippen LogP contribution in [-0.4, -0.2) is 32.7 Å². The van der Waals surface area contributed by atoms with Crippen LogP contribution in [0.25, 0.3) is 0 Å². The second-order valence-electron chi connectivity index (χ2n) is 6.47. The predicted molar refractivity (Wildman–Crippen MR) is 113 cm³/mol. The Bertz CT molecular complexity index is 1220. The van der Waals surface area contributed by atoms with Gasteiger partial charge in [0, 0.05) is 16.8 Å². The monoisotopic (exact) mass is 438 g/mol. The van der Waals surface area contributed by atoms with Crippen LogP contribution in [0.2, 0.25) is 0 Å². The van der Waals surface area contributed by atoms with Crippen LogP contribution in [0.4, 0.5) is 5.69 Å². The Hall–Kier alpha value is -3.82. The first-order valence-corrected chi connectivity index (χ1v) is 10.6. The van der Waals surface area contributed by atoms with Crippen LogP contribution < -0.4 is 10.5 Å². The number of carbonyl (C=O) groups excluding carboxylic acids is 3. The van der Waals surface area contributed by atoms with E-state index in [0.717, 1.165) is 0 Å². The third-order valence-electron chi connectivity index (χ3n) is 4.20. The van der Waals surface area contributed by atoms with Crippen molar-refractivity contribution in [3.8, 4) is 0 Å². The molecule has 0 aliphatic carbocycles. The van der Waals surface area contributed by atoms with Crippen LogP contribution in [0.5, 0.6) is 0 Å². The average Bonchev–Trinajstić information content (AvgIpc) is 2.77. The number of amides is 1. The lowest BCUT2D eigenvalue weighted by atomic mass is 10.0. The molecule has 0 aliphatic heterocycles. The van der Waals surface area contributed by atoms with E-state index in [-0.39, 0.29) is 21.9 Å². The number of primary sulfonamides is 1. The number of ether oxygens (including phenoxy) is 1. The minimum absolute atomic E-state index is 0.160. The van der Waals surface area contributed by atoms with Gasteiger partial charge in [0.15, 0.2) is 12.4 Å². The maximum atomic E-state index is 12.4. The number of esters is 1. The number of anilines is 1. The van der Waals surface area contributed by atoms with Crippen molar-refractivity contribution >= 4 is 33.4 Å². The van der Waals surface area contributed by atoms with E-state index in [0.29, 0.717) is 11.1 Å². The van der Waals surface area contributed by atoms with Crippen LogP contribution in [0.3, 0.4) is 0 Å². The number of hydrogen-bond acceptors (Lipinski definition) is 6. The molecule has 3 rings (SSSR count). The molecule has 0 unspecified atom stereocenters. The van der Waals surface area contributed by atoms with Gasteiger partial charge in [-0.15, -0.1) is 0 Å². The number of carbonyl (C=O) groups is 3. The number of rotatable bonds is 7. The van der Waals surface area contributed by atoms with E-state index in [9.17, 15) is 22.8 Å². The van der Waals surface area contributed by atoms with E-state index in [2.05, 4.69) is 5.32 Å². The summed E-state index contributed by atoms with van der Waals surface area (Å²) in [6, 6.07) is 20.0. The number of ketones is 1. The molecule has 1 amide bonds. The van der Waals surface area contributed by atoms with Crippen molar-refractivity contribution in [3.63, 3.8) is 0 Å². The molecule has 9 heteroatoms. The van der Waals surface area contributed by atoms with E-state index in [1.165, 1.54) is 48.5 Å². The summed E-state index contributed by atoms with van der Waals surface area (Å²) in [5, 5.41) is 7.47. The van der Waals surface area contributed by atoms with Crippen molar-refractivity contribution in [1.82, 2.24) is 0 Å². The van der Waals surface area contributed by atoms with Crippen molar-refractivity contribution in [2.45, 2.75) is 4.90 Å². The number of hydrogen-bond donors (Lipinski definition) is 2. The summed E-state index contributed by atoms with van der Waals surface area (Å²) >= 11 is 0. The largest absolute Gasteiger partial charge is 0.452 e. The lowest BCUT2D eigenvalue weighted by molar-refractivity contribution is -0.119. The van der Waals surface area contributed by atoms with E-state index in [1.807, 2.05) is 6.07 Å². The van der Waals surface area contributed by atoms with E-state index in [4.69, 9.17) is 9.88 Å². The molecular weight excluding hydrogens is 420 g/mol. The highest BCUT2D eigenvalue weighted by atomic mass is 32.2. The molecule has 0 radical (unpaired) electrons. The maximum absolute atomic E-state index is 12.4. The smallest absolute Gasteiger partial charge is 0.338 e. The van der Waals surface area contributed by atoms with E-state index >= 15 is 0 Å². The minimum Gasteiger partial charge on any atom is -0.452 e. The van der Waals surface area contributed by atoms with Crippen molar-refractivity contribution in [1.29, 1.82) is 0 Å². The van der Waals surface area contributed by atoms with Crippen molar-refractivity contribution in [2.75, 3.05) is 11.9 Å². The van der Waals surface area contributed by atoms with Gasteiger partial charge in [-0.25, -0.2) is 18.4 Å². The number of nitrogens with two attached hydrogens (primary N) is 1. The summed E-state index contributed by atoms with van der Waals surface area (Å²) < 4.78 is 27.7. The normalized spacial score (nSPS) is 10.9. The summed E-state index contributed by atoms with van der Waals surface area (Å²) in [4.78, 5) is 36.4. The quantitative estimate of drug-likeness (QED) is 0.430. The summed E-state index contributed by atoms with van der Waals surface area (Å²) in [6.45, 7) is -0.580. The second kappa shape index (κ2) is 9.33. The van der Waals surface area contributed by atoms with Crippen LogP contribution in [0.15, 0.2) is 83.8 Å². The van der Waals surface area contributed by atoms with Gasteiger partial charge < -0.3 is 10.1 Å². The van der Waals surface area contributed by atoms with Gasteiger partial charge in [0.05, 0.1) is 10.5 Å². The Morgan fingerprint density at radius 1 is 0.806 bits per heavy atom. The zero-order valence-electron chi connectivity index (χ0n) is 16.1. The van der Waals surface area contributed by atoms with Gasteiger partial charge in [-0.1, -0.05) is 48.5 Å². The summed E-state index contributed by atoms with van der Waals surface area (Å²) in [6.07, 6.45) is 0. The summed E-state index contributed by atoms with van der Waals surface area (Å²) in [5.74, 6) is -1.58. The zero-order chi connectivity index (χ0) is 22.4. The summed E-state index contributed by atoms with van der Waals surface area (Å²) in [5.41, 5.74) is 1.31. The molecule has 0 saturated carbocycles. The molecule has 0 fully saturated rings. The van der Waals surface area contributed by atoms with Gasteiger partial charge in [0.2, 0.25) is 10.0 Å². The number of sulfonamides is 1. The molecule has 158 valence electrons. The van der Waals surface area contributed by atoms with E-state index in [1.54, 1.807) is 24.3 Å². The van der Waals surface area contributed by atoms with Crippen molar-refractivity contribution in [2.24, 2.45) is 5.14 Å². The molecule has 0 heterocycles. The molecule has 3 aromatic rings. The average molecular weight is 438 g/mol. The van der Waals surface area contributed by atoms with Gasteiger partial charge in [-0.3, -0.25) is 9.59 Å². The molecule has 8 nitrogen and oxygen atoms in total. The van der Waals surface area contributed by atoms with Crippen LogP contribution in [0.1, 0.15) is 26.3 Å². The van der Waals surface area contributed by atoms with Crippen molar-refractivity contribution in [3.05, 3.63) is 95.6 Å². The first kappa shape index (κ1) is 21.9. The fourth-order valence-electron chi connectivity index (χ4n) is 2.68. The molecule has 0 spiro atoms. The Labute approximate surface area is 178 Å². The SMILES string of the molecule is NS(=O)(=O)c1cccc(NC(=O)COC(=O)c2ccc(C(=O)c3ccccc3)cc2)c1. The molecule has 0 atom stereocenters. The van der Waals surface area contributed by atoms with Gasteiger partial charge in [-0.05, 0) is 30.3 Å². The minimum atomic E-state index is -3.91. The standard InChI is InChI=1S/C22H18N2O6S/c23-31(28,29)19-8-4-7-18(13-19)24-20(25)14-30-22(27)17-11-9-16(10-12-17)21(26)15-5-2-1-3-6-15/h1-13H,14H2,(H,24,25)(H2,23,28,29). The number of benzene rings is 3. The topological polar surface area (TPSA) is 133 Å². The lowest BCUT2D eigenvalue weighted by Gasteiger charge is -2.08. The maximum Gasteiger partial charge on any atom is 0.338 e. The second-order valence-corrected chi connectivity index (χ2v) is 8.03. The Balaban J connectivity index is 1.57. The molecule has 0 bridgehead atoms. The fraction of sp³-hybridized carbons (Fsp3) is 0.0455. The molecule has 0 aromatic heterocycles. The van der Waals surface area contributed by atoms with Crippen LogP contribution >= 0.6 is 0 Å². The van der Waals surface area contributed by atoms with Crippen LogP contribution in [-0.2, 0) is 19.6 Å². The third kappa shape index (κ3) is 5.84. The molecule has 3 aromatic carbocycles. The van der Waals surface area contributed by atoms with Gasteiger partial charge >= 0.3 is 5.97 Å². The highest BCUT2D eigenvalue weighted by Gasteiger charge is 2.14. The Kier molecular flexibility index (Phi) is 6.58. The van der Waals surface area contributed by atoms with Crippen LogP contribution in [0, 0.1) is 0 Å². The third-order valence-corrected chi connectivity index (χ3v) is 5.11. The molecule has 3 N–H and O–H groups in total. The highest BCUT2D eigenvalue weighted by molar-refractivity contribution is 7.89.